The van der Waals surface area contributed by atoms with Gasteiger partial charge in [0.2, 0.25) is 5.43 Å². The van der Waals surface area contributed by atoms with Crippen molar-refractivity contribution in [3.8, 4) is 5.75 Å². The fraction of sp³-hybridized carbons (Fsp3) is 0.615. The van der Waals surface area contributed by atoms with Crippen molar-refractivity contribution in [2.75, 3.05) is 32.9 Å². The molecular formula is C13H22N2O5. The lowest BCUT2D eigenvalue weighted by Gasteiger charge is -2.24. The first-order chi connectivity index (χ1) is 9.54. The van der Waals surface area contributed by atoms with Crippen LogP contribution in [0.2, 0.25) is 0 Å². The molecule has 0 aliphatic rings. The van der Waals surface area contributed by atoms with Gasteiger partial charge in [-0.15, -0.1) is 0 Å². The molecule has 0 atom stereocenters. The number of aliphatic hydroxyl groups is 3. The van der Waals surface area contributed by atoms with Crippen molar-refractivity contribution in [2.24, 2.45) is 0 Å². The van der Waals surface area contributed by atoms with Gasteiger partial charge in [-0.1, -0.05) is 0 Å². The van der Waals surface area contributed by atoms with Gasteiger partial charge >= 0.3 is 0 Å². The van der Waals surface area contributed by atoms with Crippen molar-refractivity contribution in [1.82, 2.24) is 9.47 Å². The van der Waals surface area contributed by atoms with Gasteiger partial charge in [0.15, 0.2) is 5.75 Å². The number of aromatic hydroxyl groups is 1. The standard InChI is InChI=1S/C13H22N2O5/c1-10-8-12(19)13(20)11(15(10)4-7-18)9-14(2-5-16)3-6-17/h8,16-18,20H,2-7,9H2,1H3. The minimum Gasteiger partial charge on any atom is -0.503 e. The van der Waals surface area contributed by atoms with Crippen LogP contribution in [0.1, 0.15) is 11.4 Å². The summed E-state index contributed by atoms with van der Waals surface area (Å²) in [5, 5.41) is 37.0. The smallest absolute Gasteiger partial charge is 0.223 e. The molecule has 0 saturated carbocycles. The number of hydrogen-bond acceptors (Lipinski definition) is 6. The first-order valence-electron chi connectivity index (χ1n) is 6.52. The van der Waals surface area contributed by atoms with E-state index in [9.17, 15) is 9.90 Å². The Morgan fingerprint density at radius 2 is 1.75 bits per heavy atom. The Balaban J connectivity index is 3.16. The van der Waals surface area contributed by atoms with E-state index in [4.69, 9.17) is 15.3 Å². The predicted molar refractivity (Wildman–Crippen MR) is 73.6 cm³/mol. The van der Waals surface area contributed by atoms with Crippen LogP contribution in [0.4, 0.5) is 0 Å². The second-order valence-corrected chi connectivity index (χ2v) is 4.54. The molecule has 1 rings (SSSR count). The summed E-state index contributed by atoms with van der Waals surface area (Å²) in [7, 11) is 0. The predicted octanol–water partition coefficient (Wildman–Crippen LogP) is -1.36. The number of aryl methyl sites for hydroxylation is 1. The molecule has 0 unspecified atom stereocenters. The maximum Gasteiger partial charge on any atom is 0.223 e. The summed E-state index contributed by atoms with van der Waals surface area (Å²) >= 11 is 0. The molecule has 1 aromatic rings. The lowest BCUT2D eigenvalue weighted by Crippen LogP contribution is -2.32. The summed E-state index contributed by atoms with van der Waals surface area (Å²) in [6.45, 7) is 2.56. The minimum atomic E-state index is -0.473. The Bertz CT molecular complexity index is 480. The Morgan fingerprint density at radius 1 is 1.15 bits per heavy atom. The molecule has 4 N–H and O–H groups in total. The van der Waals surface area contributed by atoms with E-state index >= 15 is 0 Å². The van der Waals surface area contributed by atoms with Crippen LogP contribution in [-0.2, 0) is 13.1 Å². The highest BCUT2D eigenvalue weighted by Crippen LogP contribution is 2.16. The van der Waals surface area contributed by atoms with E-state index < -0.39 is 5.43 Å². The fourth-order valence-corrected chi connectivity index (χ4v) is 2.16. The monoisotopic (exact) mass is 286 g/mol. The van der Waals surface area contributed by atoms with Gasteiger partial charge in [-0.2, -0.15) is 0 Å². The van der Waals surface area contributed by atoms with Gasteiger partial charge in [0.1, 0.15) is 0 Å². The Kier molecular flexibility index (Phi) is 6.66. The summed E-state index contributed by atoms with van der Waals surface area (Å²) < 4.78 is 1.67. The van der Waals surface area contributed by atoms with E-state index in [1.165, 1.54) is 6.07 Å². The lowest BCUT2D eigenvalue weighted by molar-refractivity contribution is 0.151. The van der Waals surface area contributed by atoms with Crippen LogP contribution in [0.3, 0.4) is 0 Å². The first kappa shape index (κ1) is 16.6. The molecule has 0 aliphatic carbocycles. The van der Waals surface area contributed by atoms with Crippen molar-refractivity contribution < 1.29 is 20.4 Å². The van der Waals surface area contributed by atoms with Crippen LogP contribution in [0.5, 0.6) is 5.75 Å². The van der Waals surface area contributed by atoms with Crippen LogP contribution >= 0.6 is 0 Å². The topological polar surface area (TPSA) is 106 Å². The summed E-state index contributed by atoms with van der Waals surface area (Å²) in [6.07, 6.45) is 0. The largest absolute Gasteiger partial charge is 0.503 e. The number of rotatable bonds is 8. The van der Waals surface area contributed by atoms with Crippen molar-refractivity contribution >= 4 is 0 Å². The van der Waals surface area contributed by atoms with E-state index in [0.717, 1.165) is 0 Å². The molecule has 0 amide bonds. The van der Waals surface area contributed by atoms with Crippen molar-refractivity contribution in [1.29, 1.82) is 0 Å². The summed E-state index contributed by atoms with van der Waals surface area (Å²) in [6, 6.07) is 1.32. The maximum absolute atomic E-state index is 11.7. The Morgan fingerprint density at radius 3 is 2.25 bits per heavy atom. The van der Waals surface area contributed by atoms with Gasteiger partial charge in [0.05, 0.1) is 25.5 Å². The third kappa shape index (κ3) is 4.04. The number of aliphatic hydroxyl groups excluding tert-OH is 3. The molecule has 0 fully saturated rings. The second-order valence-electron chi connectivity index (χ2n) is 4.54. The van der Waals surface area contributed by atoms with Crippen molar-refractivity contribution in [2.45, 2.75) is 20.0 Å². The van der Waals surface area contributed by atoms with Gasteiger partial charge < -0.3 is 25.0 Å². The minimum absolute atomic E-state index is 0.0865. The van der Waals surface area contributed by atoms with E-state index in [0.29, 0.717) is 24.5 Å². The molecule has 0 aromatic carbocycles. The highest BCUT2D eigenvalue weighted by Gasteiger charge is 2.16. The third-order valence-corrected chi connectivity index (χ3v) is 3.13. The molecule has 0 aliphatic heterocycles. The van der Waals surface area contributed by atoms with Crippen LogP contribution in [0, 0.1) is 6.92 Å². The molecule has 1 aromatic heterocycles. The lowest BCUT2D eigenvalue weighted by atomic mass is 10.2. The average Bonchev–Trinajstić information content (AvgIpc) is 2.40. The second kappa shape index (κ2) is 8.01. The van der Waals surface area contributed by atoms with Gasteiger partial charge in [-0.05, 0) is 6.92 Å². The fourth-order valence-electron chi connectivity index (χ4n) is 2.16. The van der Waals surface area contributed by atoms with E-state index in [-0.39, 0.29) is 38.7 Å². The number of pyridine rings is 1. The molecule has 7 nitrogen and oxygen atoms in total. The average molecular weight is 286 g/mol. The van der Waals surface area contributed by atoms with E-state index in [2.05, 4.69) is 0 Å². The Labute approximate surface area is 117 Å². The van der Waals surface area contributed by atoms with Gasteiger partial charge in [0, 0.05) is 37.9 Å². The number of hydrogen-bond donors (Lipinski definition) is 4. The molecule has 114 valence electrons. The van der Waals surface area contributed by atoms with Gasteiger partial charge in [-0.3, -0.25) is 9.69 Å². The SMILES string of the molecule is Cc1cc(=O)c(O)c(CN(CCO)CCO)n1CCO. The normalized spacial score (nSPS) is 11.2. The molecule has 0 radical (unpaired) electrons. The zero-order valence-electron chi connectivity index (χ0n) is 11.6. The summed E-state index contributed by atoms with van der Waals surface area (Å²) in [5.41, 5.74) is 0.551. The van der Waals surface area contributed by atoms with Crippen LogP contribution in [-0.4, -0.2) is 62.8 Å². The molecule has 20 heavy (non-hydrogen) atoms. The number of aromatic nitrogens is 1. The maximum atomic E-state index is 11.7. The summed E-state index contributed by atoms with van der Waals surface area (Å²) in [5.74, 6) is -0.357. The van der Waals surface area contributed by atoms with Gasteiger partial charge in [-0.25, -0.2) is 0 Å². The van der Waals surface area contributed by atoms with Crippen LogP contribution < -0.4 is 5.43 Å². The number of nitrogens with zero attached hydrogens (tertiary/aromatic N) is 2. The van der Waals surface area contributed by atoms with Gasteiger partial charge in [0.25, 0.3) is 0 Å². The van der Waals surface area contributed by atoms with Crippen molar-refractivity contribution in [3.63, 3.8) is 0 Å². The first-order valence-corrected chi connectivity index (χ1v) is 6.52. The molecule has 0 spiro atoms. The quantitative estimate of drug-likeness (QED) is 0.470. The molecule has 7 heteroatoms. The Hall–Kier alpha value is -1.41. The molecule has 0 saturated heterocycles. The summed E-state index contributed by atoms with van der Waals surface area (Å²) in [4.78, 5) is 13.4. The van der Waals surface area contributed by atoms with E-state index in [1.807, 2.05) is 0 Å². The van der Waals surface area contributed by atoms with Crippen LogP contribution in [0.25, 0.3) is 0 Å². The molecular weight excluding hydrogens is 264 g/mol. The highest BCUT2D eigenvalue weighted by molar-refractivity contribution is 5.29. The van der Waals surface area contributed by atoms with E-state index in [1.54, 1.807) is 16.4 Å². The molecule has 0 bridgehead atoms. The zero-order chi connectivity index (χ0) is 15.1. The van der Waals surface area contributed by atoms with Crippen molar-refractivity contribution in [3.05, 3.63) is 27.7 Å². The highest BCUT2D eigenvalue weighted by atomic mass is 16.3. The van der Waals surface area contributed by atoms with Crippen LogP contribution in [0.15, 0.2) is 10.9 Å². The zero-order valence-corrected chi connectivity index (χ0v) is 11.6. The third-order valence-electron chi connectivity index (χ3n) is 3.13. The molecule has 1 heterocycles.